The van der Waals surface area contributed by atoms with Crippen molar-refractivity contribution in [3.8, 4) is 0 Å². The summed E-state index contributed by atoms with van der Waals surface area (Å²) in [7, 11) is 1.81. The molecule has 2 nitrogen and oxygen atoms in total. The summed E-state index contributed by atoms with van der Waals surface area (Å²) in [6.07, 6.45) is 21.7. The zero-order chi connectivity index (χ0) is 14.9. The Balaban J connectivity index is 3.07. The van der Waals surface area contributed by atoms with Gasteiger partial charge in [-0.15, -0.1) is 0 Å². The molecule has 0 heterocycles. The van der Waals surface area contributed by atoms with Crippen LogP contribution in [0.25, 0.3) is 0 Å². The van der Waals surface area contributed by atoms with Crippen molar-refractivity contribution < 1.29 is 4.79 Å². The molecule has 0 N–H and O–H groups in total. The zero-order valence-corrected chi connectivity index (χ0v) is 13.8. The second-order valence-corrected chi connectivity index (χ2v) is 5.84. The van der Waals surface area contributed by atoms with Crippen LogP contribution in [0.1, 0.15) is 84.0 Å². The molecule has 0 saturated heterocycles. The highest BCUT2D eigenvalue weighted by molar-refractivity contribution is 5.46. The maximum absolute atomic E-state index is 10.4. The van der Waals surface area contributed by atoms with Gasteiger partial charge in [-0.2, -0.15) is 0 Å². The molecule has 0 saturated carbocycles. The molecule has 0 rings (SSSR count). The second-order valence-electron chi connectivity index (χ2n) is 5.84. The molecule has 0 aromatic heterocycles. The highest BCUT2D eigenvalue weighted by atomic mass is 16.1. The van der Waals surface area contributed by atoms with Crippen LogP contribution >= 0.6 is 0 Å². The van der Waals surface area contributed by atoms with E-state index in [-0.39, 0.29) is 0 Å². The Bertz CT molecular complexity index is 225. The van der Waals surface area contributed by atoms with Crippen molar-refractivity contribution in [3.05, 3.63) is 12.2 Å². The summed E-state index contributed by atoms with van der Waals surface area (Å²) in [4.78, 5) is 12.0. The van der Waals surface area contributed by atoms with Crippen LogP contribution in [0.5, 0.6) is 0 Å². The van der Waals surface area contributed by atoms with Gasteiger partial charge < -0.3 is 4.90 Å². The normalized spacial score (nSPS) is 11.1. The number of hydrogen-bond acceptors (Lipinski definition) is 1. The lowest BCUT2D eigenvalue weighted by molar-refractivity contribution is -0.116. The third-order valence-electron chi connectivity index (χ3n) is 3.71. The van der Waals surface area contributed by atoms with Gasteiger partial charge in [0.25, 0.3) is 0 Å². The fourth-order valence-corrected chi connectivity index (χ4v) is 2.33. The Hall–Kier alpha value is -0.790. The Kier molecular flexibility index (Phi) is 15.6. The number of amides is 1. The molecule has 0 spiro atoms. The van der Waals surface area contributed by atoms with Crippen molar-refractivity contribution in [3.63, 3.8) is 0 Å². The minimum Gasteiger partial charge on any atom is -0.345 e. The van der Waals surface area contributed by atoms with Crippen LogP contribution < -0.4 is 0 Å². The van der Waals surface area contributed by atoms with Crippen molar-refractivity contribution in [2.24, 2.45) is 0 Å². The number of likely N-dealkylation sites (N-methyl/N-ethyl adjacent to an activating group) is 1. The molecular formula is C18H35NO. The largest absolute Gasteiger partial charge is 0.345 e. The summed E-state index contributed by atoms with van der Waals surface area (Å²) < 4.78 is 0. The molecule has 20 heavy (non-hydrogen) atoms. The Morgan fingerprint density at radius 2 is 1.25 bits per heavy atom. The van der Waals surface area contributed by atoms with Gasteiger partial charge in [0, 0.05) is 13.6 Å². The van der Waals surface area contributed by atoms with Crippen molar-refractivity contribution in [1.82, 2.24) is 4.90 Å². The zero-order valence-electron chi connectivity index (χ0n) is 13.8. The van der Waals surface area contributed by atoms with Crippen LogP contribution in [0.2, 0.25) is 0 Å². The summed E-state index contributed by atoms with van der Waals surface area (Å²) >= 11 is 0. The van der Waals surface area contributed by atoms with Gasteiger partial charge in [-0.05, 0) is 12.8 Å². The maximum Gasteiger partial charge on any atom is 0.209 e. The van der Waals surface area contributed by atoms with E-state index in [1.807, 2.05) is 0 Å². The minimum absolute atomic E-state index is 0.738. The van der Waals surface area contributed by atoms with E-state index in [2.05, 4.69) is 19.1 Å². The number of rotatable bonds is 15. The van der Waals surface area contributed by atoms with Crippen molar-refractivity contribution in [2.75, 3.05) is 13.6 Å². The number of nitrogens with zero attached hydrogens (tertiary/aromatic N) is 1. The van der Waals surface area contributed by atoms with E-state index in [1.165, 1.54) is 70.6 Å². The van der Waals surface area contributed by atoms with Crippen molar-refractivity contribution in [2.45, 2.75) is 84.0 Å². The van der Waals surface area contributed by atoms with Gasteiger partial charge in [0.05, 0.1) is 0 Å². The van der Waals surface area contributed by atoms with E-state index in [0.29, 0.717) is 0 Å². The molecular weight excluding hydrogens is 246 g/mol. The first-order valence-electron chi connectivity index (χ1n) is 8.61. The van der Waals surface area contributed by atoms with Gasteiger partial charge in [0.15, 0.2) is 0 Å². The third kappa shape index (κ3) is 15.3. The average Bonchev–Trinajstić information content (AvgIpc) is 2.47. The fourth-order valence-electron chi connectivity index (χ4n) is 2.33. The Labute approximate surface area is 126 Å². The minimum atomic E-state index is 0.738. The number of carbonyl (C=O) groups is 1. The predicted molar refractivity (Wildman–Crippen MR) is 88.9 cm³/mol. The van der Waals surface area contributed by atoms with Crippen LogP contribution in [0.3, 0.4) is 0 Å². The highest BCUT2D eigenvalue weighted by Crippen LogP contribution is 2.11. The fraction of sp³-hybridized carbons (Fsp3) is 0.833. The molecule has 1 amide bonds. The first kappa shape index (κ1) is 19.2. The molecule has 0 atom stereocenters. The van der Waals surface area contributed by atoms with Crippen LogP contribution in [-0.4, -0.2) is 24.9 Å². The molecule has 0 unspecified atom stereocenters. The van der Waals surface area contributed by atoms with Gasteiger partial charge in [0.1, 0.15) is 0 Å². The summed E-state index contributed by atoms with van der Waals surface area (Å²) in [5.74, 6) is 0. The van der Waals surface area contributed by atoms with Crippen LogP contribution in [0.15, 0.2) is 12.2 Å². The number of unbranched alkanes of at least 4 members (excludes halogenated alkanes) is 11. The molecule has 0 fully saturated rings. The van der Waals surface area contributed by atoms with Gasteiger partial charge in [-0.1, -0.05) is 83.3 Å². The lowest BCUT2D eigenvalue weighted by Crippen LogP contribution is -2.14. The SMILES string of the molecule is CCCCCCCCCCCCCC=CCN(C)C=O. The second kappa shape index (κ2) is 16.3. The molecule has 0 aliphatic heterocycles. The molecule has 2 heteroatoms. The maximum atomic E-state index is 10.4. The van der Waals surface area contributed by atoms with E-state index < -0.39 is 0 Å². The number of hydrogen-bond donors (Lipinski definition) is 0. The van der Waals surface area contributed by atoms with Crippen molar-refractivity contribution >= 4 is 6.41 Å². The Morgan fingerprint density at radius 1 is 0.750 bits per heavy atom. The van der Waals surface area contributed by atoms with E-state index >= 15 is 0 Å². The number of allylic oxidation sites excluding steroid dienone is 1. The monoisotopic (exact) mass is 281 g/mol. The third-order valence-corrected chi connectivity index (χ3v) is 3.71. The predicted octanol–water partition coefficient (Wildman–Crippen LogP) is 5.33. The van der Waals surface area contributed by atoms with Crippen LogP contribution in [0.4, 0.5) is 0 Å². The summed E-state index contributed by atoms with van der Waals surface area (Å²) in [6.45, 7) is 3.01. The quantitative estimate of drug-likeness (QED) is 0.226. The van der Waals surface area contributed by atoms with Crippen LogP contribution in [-0.2, 0) is 4.79 Å². The number of carbonyl (C=O) groups excluding carboxylic acids is 1. The molecule has 0 aromatic carbocycles. The molecule has 0 aliphatic rings. The standard InChI is InChI=1S/C18H35NO/c1-3-4-5-6-7-8-9-10-11-12-13-14-15-16-17-19(2)18-20/h15-16,18H,3-14,17H2,1-2H3. The first-order chi connectivity index (χ1) is 9.81. The molecule has 0 radical (unpaired) electrons. The Morgan fingerprint density at radius 3 is 1.75 bits per heavy atom. The van der Waals surface area contributed by atoms with Gasteiger partial charge >= 0.3 is 0 Å². The highest BCUT2D eigenvalue weighted by Gasteiger charge is 1.92. The van der Waals surface area contributed by atoms with Crippen molar-refractivity contribution in [1.29, 1.82) is 0 Å². The smallest absolute Gasteiger partial charge is 0.209 e. The van der Waals surface area contributed by atoms with E-state index in [1.54, 1.807) is 11.9 Å². The lowest BCUT2D eigenvalue weighted by Gasteiger charge is -2.05. The summed E-state index contributed by atoms with van der Waals surface area (Å²) in [6, 6.07) is 0. The van der Waals surface area contributed by atoms with E-state index in [9.17, 15) is 4.79 Å². The lowest BCUT2D eigenvalue weighted by atomic mass is 10.1. The molecule has 118 valence electrons. The summed E-state index contributed by atoms with van der Waals surface area (Å²) in [5, 5.41) is 0. The van der Waals surface area contributed by atoms with Crippen LogP contribution in [0, 0.1) is 0 Å². The van der Waals surface area contributed by atoms with E-state index in [4.69, 9.17) is 0 Å². The molecule has 0 aliphatic carbocycles. The molecule has 0 bridgehead atoms. The summed E-state index contributed by atoms with van der Waals surface area (Å²) in [5.41, 5.74) is 0. The van der Waals surface area contributed by atoms with Gasteiger partial charge in [-0.25, -0.2) is 0 Å². The topological polar surface area (TPSA) is 20.3 Å². The molecule has 0 aromatic rings. The first-order valence-corrected chi connectivity index (χ1v) is 8.61. The van der Waals surface area contributed by atoms with Gasteiger partial charge in [0.2, 0.25) is 6.41 Å². The average molecular weight is 281 g/mol. The van der Waals surface area contributed by atoms with Gasteiger partial charge in [-0.3, -0.25) is 4.79 Å². The van der Waals surface area contributed by atoms with E-state index in [0.717, 1.165) is 19.4 Å².